The molecule has 19 heavy (non-hydrogen) atoms. The number of methoxy groups -OCH3 is 2. The lowest BCUT2D eigenvalue weighted by atomic mass is 10.2. The molecule has 4 nitrogen and oxygen atoms in total. The maximum Gasteiger partial charge on any atom is 0.178 e. The maximum absolute atomic E-state index is 5.39. The molecular weight excluding hydrogens is 260 g/mol. The van der Waals surface area contributed by atoms with E-state index in [1.165, 1.54) is 0 Å². The van der Waals surface area contributed by atoms with E-state index in [-0.39, 0.29) is 0 Å². The zero-order chi connectivity index (χ0) is 13.7. The number of imidazole rings is 1. The fraction of sp³-hybridized carbons (Fsp3) is 0.500. The molecule has 104 valence electrons. The van der Waals surface area contributed by atoms with Crippen molar-refractivity contribution in [3.8, 4) is 5.75 Å². The number of aryl methyl sites for hydroxylation is 1. The third-order valence-corrected chi connectivity index (χ3v) is 3.54. The van der Waals surface area contributed by atoms with Crippen molar-refractivity contribution in [3.05, 3.63) is 23.0 Å². The van der Waals surface area contributed by atoms with Crippen LogP contribution in [0.15, 0.2) is 18.2 Å². The van der Waals surface area contributed by atoms with Gasteiger partial charge in [0, 0.05) is 20.3 Å². The molecule has 0 amide bonds. The molecule has 1 N–H and O–H groups in total. The van der Waals surface area contributed by atoms with E-state index in [9.17, 15) is 0 Å². The van der Waals surface area contributed by atoms with Gasteiger partial charge < -0.3 is 19.0 Å². The molecule has 0 unspecified atom stereocenters. The fourth-order valence-electron chi connectivity index (χ4n) is 2.24. The largest absolute Gasteiger partial charge is 0.494 e. The molecule has 0 aliphatic heterocycles. The minimum atomic E-state index is 0.756. The first-order valence-corrected chi connectivity index (χ1v) is 6.93. The summed E-state index contributed by atoms with van der Waals surface area (Å²) in [5, 5.41) is 0. The lowest BCUT2D eigenvalue weighted by molar-refractivity contribution is 0.191. The number of nitrogens with one attached hydrogen (secondary N) is 1. The summed E-state index contributed by atoms with van der Waals surface area (Å²) in [5.74, 6) is 0.835. The van der Waals surface area contributed by atoms with Crippen LogP contribution in [0, 0.1) is 4.77 Å². The van der Waals surface area contributed by atoms with Crippen molar-refractivity contribution in [2.24, 2.45) is 0 Å². The molecule has 0 aliphatic rings. The number of H-pyrrole nitrogens is 1. The van der Waals surface area contributed by atoms with E-state index in [4.69, 9.17) is 21.7 Å². The summed E-state index contributed by atoms with van der Waals surface area (Å²) >= 11 is 5.39. The molecule has 2 rings (SSSR count). The van der Waals surface area contributed by atoms with Crippen molar-refractivity contribution in [2.45, 2.75) is 25.8 Å². The predicted octanol–water partition coefficient (Wildman–Crippen LogP) is 3.52. The van der Waals surface area contributed by atoms with Crippen molar-refractivity contribution in [3.63, 3.8) is 0 Å². The Morgan fingerprint density at radius 2 is 2.05 bits per heavy atom. The Bertz CT molecular complexity index is 589. The van der Waals surface area contributed by atoms with Crippen molar-refractivity contribution in [1.29, 1.82) is 0 Å². The zero-order valence-corrected chi connectivity index (χ0v) is 12.3. The molecule has 0 saturated carbocycles. The normalized spacial score (nSPS) is 11.1. The second kappa shape index (κ2) is 6.73. The summed E-state index contributed by atoms with van der Waals surface area (Å²) in [4.78, 5) is 3.23. The Morgan fingerprint density at radius 3 is 2.79 bits per heavy atom. The lowest BCUT2D eigenvalue weighted by Gasteiger charge is -2.05. The molecule has 1 heterocycles. The molecule has 0 radical (unpaired) electrons. The van der Waals surface area contributed by atoms with Crippen LogP contribution in [0.2, 0.25) is 0 Å². The number of benzene rings is 1. The van der Waals surface area contributed by atoms with Crippen molar-refractivity contribution in [2.75, 3.05) is 20.8 Å². The molecule has 0 aliphatic carbocycles. The van der Waals surface area contributed by atoms with Gasteiger partial charge in [-0.1, -0.05) is 6.07 Å². The standard InChI is InChI=1S/C14H20N2O2S/c1-17-10-5-3-4-9-16-11-7-6-8-12(18-2)13(11)15-14(16)19/h6-8H,3-5,9-10H2,1-2H3,(H,15,19). The van der Waals surface area contributed by atoms with Crippen LogP contribution in [0.4, 0.5) is 0 Å². The monoisotopic (exact) mass is 280 g/mol. The summed E-state index contributed by atoms with van der Waals surface area (Å²) in [6.45, 7) is 1.75. The van der Waals surface area contributed by atoms with E-state index >= 15 is 0 Å². The summed E-state index contributed by atoms with van der Waals surface area (Å²) in [5.41, 5.74) is 2.09. The third-order valence-electron chi connectivity index (χ3n) is 3.22. The second-order valence-electron chi connectivity index (χ2n) is 4.49. The van der Waals surface area contributed by atoms with E-state index < -0.39 is 0 Å². The molecule has 0 saturated heterocycles. The van der Waals surface area contributed by atoms with Crippen LogP contribution in [-0.4, -0.2) is 30.4 Å². The maximum atomic E-state index is 5.39. The van der Waals surface area contributed by atoms with Gasteiger partial charge in [-0.15, -0.1) is 0 Å². The molecule has 0 bridgehead atoms. The van der Waals surface area contributed by atoms with Crippen LogP contribution in [0.25, 0.3) is 11.0 Å². The van der Waals surface area contributed by atoms with Gasteiger partial charge in [0.15, 0.2) is 4.77 Å². The fourth-order valence-corrected chi connectivity index (χ4v) is 2.53. The van der Waals surface area contributed by atoms with E-state index in [1.54, 1.807) is 14.2 Å². The van der Waals surface area contributed by atoms with Crippen LogP contribution in [-0.2, 0) is 11.3 Å². The van der Waals surface area contributed by atoms with Crippen molar-refractivity contribution < 1.29 is 9.47 Å². The van der Waals surface area contributed by atoms with Crippen LogP contribution in [0.1, 0.15) is 19.3 Å². The van der Waals surface area contributed by atoms with E-state index in [2.05, 4.69) is 15.6 Å². The van der Waals surface area contributed by atoms with Gasteiger partial charge >= 0.3 is 0 Å². The molecule has 1 aromatic heterocycles. The SMILES string of the molecule is COCCCCCn1c(=S)[nH]c2c(OC)cccc21. The molecule has 0 atom stereocenters. The van der Waals surface area contributed by atoms with Crippen LogP contribution in [0.3, 0.4) is 0 Å². The number of unbranched alkanes of at least 4 members (excludes halogenated alkanes) is 2. The summed E-state index contributed by atoms with van der Waals surface area (Å²) in [6.07, 6.45) is 3.34. The average molecular weight is 280 g/mol. The third kappa shape index (κ3) is 3.16. The number of hydrogen-bond acceptors (Lipinski definition) is 3. The Hall–Kier alpha value is -1.33. The predicted molar refractivity (Wildman–Crippen MR) is 79.4 cm³/mol. The van der Waals surface area contributed by atoms with Gasteiger partial charge in [0.05, 0.1) is 12.6 Å². The summed E-state index contributed by atoms with van der Waals surface area (Å²) < 4.78 is 13.3. The quantitative estimate of drug-likeness (QED) is 0.623. The van der Waals surface area contributed by atoms with Gasteiger partial charge in [0.1, 0.15) is 11.3 Å². The van der Waals surface area contributed by atoms with E-state index in [0.717, 1.165) is 54.0 Å². The first-order chi connectivity index (χ1) is 9.27. The molecule has 0 fully saturated rings. The minimum Gasteiger partial charge on any atom is -0.494 e. The van der Waals surface area contributed by atoms with Crippen LogP contribution < -0.4 is 4.74 Å². The number of ether oxygens (including phenoxy) is 2. The Labute approximate surface area is 118 Å². The number of nitrogens with zero attached hydrogens (tertiary/aromatic N) is 1. The highest BCUT2D eigenvalue weighted by Crippen LogP contribution is 2.24. The average Bonchev–Trinajstić information content (AvgIpc) is 2.74. The molecular formula is C14H20N2O2S. The van der Waals surface area contributed by atoms with E-state index in [1.807, 2.05) is 12.1 Å². The zero-order valence-electron chi connectivity index (χ0n) is 11.4. The Kier molecular flexibility index (Phi) is 4.99. The highest BCUT2D eigenvalue weighted by molar-refractivity contribution is 7.71. The highest BCUT2D eigenvalue weighted by atomic mass is 32.1. The van der Waals surface area contributed by atoms with Crippen molar-refractivity contribution >= 4 is 23.3 Å². The van der Waals surface area contributed by atoms with Crippen LogP contribution >= 0.6 is 12.2 Å². The smallest absolute Gasteiger partial charge is 0.178 e. The van der Waals surface area contributed by atoms with Gasteiger partial charge in [-0.2, -0.15) is 0 Å². The molecule has 0 spiro atoms. The molecule has 1 aromatic carbocycles. The topological polar surface area (TPSA) is 39.2 Å². The first kappa shape index (κ1) is 14.1. The summed E-state index contributed by atoms with van der Waals surface area (Å²) in [6, 6.07) is 6.00. The van der Waals surface area contributed by atoms with Gasteiger partial charge in [0.25, 0.3) is 0 Å². The first-order valence-electron chi connectivity index (χ1n) is 6.52. The Balaban J connectivity index is 2.14. The van der Waals surface area contributed by atoms with Gasteiger partial charge in [-0.3, -0.25) is 0 Å². The van der Waals surface area contributed by atoms with Gasteiger partial charge in [-0.05, 0) is 43.6 Å². The number of rotatable bonds is 7. The van der Waals surface area contributed by atoms with Gasteiger partial charge in [0.2, 0.25) is 0 Å². The molecule has 5 heteroatoms. The minimum absolute atomic E-state index is 0.756. The number of aromatic amines is 1. The number of fused-ring (bicyclic) bond motifs is 1. The van der Waals surface area contributed by atoms with Gasteiger partial charge in [-0.25, -0.2) is 0 Å². The highest BCUT2D eigenvalue weighted by Gasteiger charge is 2.08. The second-order valence-corrected chi connectivity index (χ2v) is 4.88. The Morgan fingerprint density at radius 1 is 1.21 bits per heavy atom. The van der Waals surface area contributed by atoms with Crippen LogP contribution in [0.5, 0.6) is 5.75 Å². The van der Waals surface area contributed by atoms with Crippen molar-refractivity contribution in [1.82, 2.24) is 9.55 Å². The summed E-state index contributed by atoms with van der Waals surface area (Å²) in [7, 11) is 3.41. The number of para-hydroxylation sites is 1. The lowest BCUT2D eigenvalue weighted by Crippen LogP contribution is -1.99. The number of aromatic nitrogens is 2. The van der Waals surface area contributed by atoms with E-state index in [0.29, 0.717) is 0 Å². The molecule has 2 aromatic rings. The number of hydrogen-bond donors (Lipinski definition) is 1.